The molecule has 0 bridgehead atoms. The first-order valence-electron chi connectivity index (χ1n) is 9.03. The van der Waals surface area contributed by atoms with Gasteiger partial charge in [-0.05, 0) is 41.5 Å². The maximum atomic E-state index is 12.2. The largest absolute Gasteiger partial charge is 0.482 e. The summed E-state index contributed by atoms with van der Waals surface area (Å²) in [6.07, 6.45) is 0. The zero-order valence-electron chi connectivity index (χ0n) is 16.2. The number of anilines is 1. The maximum Gasteiger partial charge on any atom is 0.262 e. The first-order chi connectivity index (χ1) is 13.9. The molecule has 0 aromatic heterocycles. The highest BCUT2D eigenvalue weighted by molar-refractivity contribution is 6.32. The van der Waals surface area contributed by atoms with Gasteiger partial charge in [-0.25, -0.2) is 0 Å². The molecule has 29 heavy (non-hydrogen) atoms. The van der Waals surface area contributed by atoms with Gasteiger partial charge in [0.2, 0.25) is 0 Å². The van der Waals surface area contributed by atoms with E-state index in [0.29, 0.717) is 22.0 Å². The van der Waals surface area contributed by atoms with E-state index in [1.54, 1.807) is 50.5 Å². The molecule has 0 spiro atoms. The Balaban J connectivity index is 1.61. The number of halogens is 1. The Hall–Kier alpha value is -3.31. The summed E-state index contributed by atoms with van der Waals surface area (Å²) in [4.78, 5) is 25.7. The van der Waals surface area contributed by atoms with Crippen LogP contribution in [-0.4, -0.2) is 37.4 Å². The first kappa shape index (κ1) is 20.4. The van der Waals surface area contributed by atoms with Crippen LogP contribution >= 0.6 is 11.6 Å². The minimum absolute atomic E-state index is 0.136. The zero-order valence-corrected chi connectivity index (χ0v) is 16.9. The van der Waals surface area contributed by atoms with E-state index in [1.807, 2.05) is 36.4 Å². The normalized spacial score (nSPS) is 10.3. The van der Waals surface area contributed by atoms with Crippen molar-refractivity contribution in [1.29, 1.82) is 0 Å². The molecule has 0 aliphatic carbocycles. The zero-order chi connectivity index (χ0) is 20.8. The third-order valence-corrected chi connectivity index (χ3v) is 4.49. The average Bonchev–Trinajstić information content (AvgIpc) is 2.73. The number of nitrogens with one attached hydrogen (secondary N) is 1. The molecule has 0 fully saturated rings. The molecule has 0 aliphatic heterocycles. The Morgan fingerprint density at radius 2 is 1.69 bits per heavy atom. The van der Waals surface area contributed by atoms with Crippen LogP contribution in [0.4, 0.5) is 5.69 Å². The van der Waals surface area contributed by atoms with Crippen molar-refractivity contribution in [2.75, 3.05) is 26.0 Å². The highest BCUT2D eigenvalue weighted by Crippen LogP contribution is 2.30. The van der Waals surface area contributed by atoms with E-state index in [4.69, 9.17) is 16.3 Å². The summed E-state index contributed by atoms with van der Waals surface area (Å²) in [5, 5.41) is 3.15. The fourth-order valence-electron chi connectivity index (χ4n) is 2.76. The predicted octanol–water partition coefficient (Wildman–Crippen LogP) is 4.73. The van der Waals surface area contributed by atoms with Gasteiger partial charge in [0.25, 0.3) is 11.8 Å². The van der Waals surface area contributed by atoms with Gasteiger partial charge in [0.1, 0.15) is 5.75 Å². The van der Waals surface area contributed by atoms with Crippen LogP contribution in [0, 0.1) is 0 Å². The highest BCUT2D eigenvalue weighted by Gasteiger charge is 2.11. The fourth-order valence-corrected chi connectivity index (χ4v) is 2.99. The summed E-state index contributed by atoms with van der Waals surface area (Å²) < 4.78 is 5.56. The Bertz CT molecular complexity index is 1020. The van der Waals surface area contributed by atoms with Gasteiger partial charge in [-0.15, -0.1) is 0 Å². The molecule has 0 aliphatic rings. The molecule has 2 amide bonds. The van der Waals surface area contributed by atoms with Crippen molar-refractivity contribution in [2.24, 2.45) is 0 Å². The monoisotopic (exact) mass is 408 g/mol. The van der Waals surface area contributed by atoms with Crippen LogP contribution in [0.3, 0.4) is 0 Å². The molecule has 0 radical (unpaired) electrons. The van der Waals surface area contributed by atoms with Crippen LogP contribution in [-0.2, 0) is 4.79 Å². The van der Waals surface area contributed by atoms with Crippen molar-refractivity contribution in [3.63, 3.8) is 0 Å². The third-order valence-electron chi connectivity index (χ3n) is 4.20. The molecule has 148 valence electrons. The van der Waals surface area contributed by atoms with Gasteiger partial charge in [0, 0.05) is 25.3 Å². The molecule has 0 atom stereocenters. The number of rotatable bonds is 6. The minimum atomic E-state index is -0.345. The maximum absolute atomic E-state index is 12.2. The number of hydrogen-bond donors (Lipinski definition) is 1. The summed E-state index contributed by atoms with van der Waals surface area (Å²) >= 11 is 6.31. The van der Waals surface area contributed by atoms with Crippen molar-refractivity contribution in [3.05, 3.63) is 83.4 Å². The number of carbonyl (C=O) groups is 2. The second-order valence-corrected chi connectivity index (χ2v) is 7.04. The van der Waals surface area contributed by atoms with Crippen molar-refractivity contribution in [3.8, 4) is 16.9 Å². The molecule has 0 saturated carbocycles. The molecule has 3 rings (SSSR count). The van der Waals surface area contributed by atoms with Crippen LogP contribution in [0.5, 0.6) is 5.75 Å². The smallest absolute Gasteiger partial charge is 0.262 e. The molecule has 6 heteroatoms. The second-order valence-electron chi connectivity index (χ2n) is 6.63. The summed E-state index contributed by atoms with van der Waals surface area (Å²) in [7, 11) is 3.35. The van der Waals surface area contributed by atoms with Crippen LogP contribution in [0.15, 0.2) is 72.8 Å². The molecule has 1 N–H and O–H groups in total. The van der Waals surface area contributed by atoms with E-state index >= 15 is 0 Å². The topological polar surface area (TPSA) is 58.6 Å². The van der Waals surface area contributed by atoms with E-state index in [9.17, 15) is 9.59 Å². The van der Waals surface area contributed by atoms with Crippen LogP contribution in [0.2, 0.25) is 5.02 Å². The molecule has 0 heterocycles. The lowest BCUT2D eigenvalue weighted by Crippen LogP contribution is -2.23. The van der Waals surface area contributed by atoms with Gasteiger partial charge in [0.05, 0.1) is 5.02 Å². The van der Waals surface area contributed by atoms with E-state index in [1.165, 1.54) is 4.90 Å². The molecule has 3 aromatic rings. The summed E-state index contributed by atoms with van der Waals surface area (Å²) in [6, 6.07) is 22.1. The predicted molar refractivity (Wildman–Crippen MR) is 115 cm³/mol. The summed E-state index contributed by atoms with van der Waals surface area (Å²) in [5.41, 5.74) is 3.03. The van der Waals surface area contributed by atoms with Crippen LogP contribution in [0.1, 0.15) is 10.4 Å². The first-order valence-corrected chi connectivity index (χ1v) is 9.41. The molecular weight excluding hydrogens is 388 g/mol. The van der Waals surface area contributed by atoms with Gasteiger partial charge in [-0.3, -0.25) is 9.59 Å². The van der Waals surface area contributed by atoms with Crippen LogP contribution in [0.25, 0.3) is 11.1 Å². The van der Waals surface area contributed by atoms with Gasteiger partial charge in [0.15, 0.2) is 6.61 Å². The van der Waals surface area contributed by atoms with Crippen molar-refractivity contribution < 1.29 is 14.3 Å². The Morgan fingerprint density at radius 3 is 2.38 bits per heavy atom. The molecule has 0 saturated heterocycles. The summed E-state index contributed by atoms with van der Waals surface area (Å²) in [5.74, 6) is -0.0525. The molecule has 3 aromatic carbocycles. The van der Waals surface area contributed by atoms with Crippen molar-refractivity contribution in [1.82, 2.24) is 4.90 Å². The average molecular weight is 409 g/mol. The standard InChI is InChI=1S/C23H21ClN2O3/c1-26(2)23(28)18-9-6-10-19(13-18)25-22(27)15-29-21-12-11-17(14-20(21)24)16-7-4-3-5-8-16/h3-14H,15H2,1-2H3,(H,25,27). The second kappa shape index (κ2) is 9.26. The van der Waals surface area contributed by atoms with Gasteiger partial charge < -0.3 is 15.0 Å². The lowest BCUT2D eigenvalue weighted by molar-refractivity contribution is -0.118. The molecule has 0 unspecified atom stereocenters. The van der Waals surface area contributed by atoms with Crippen molar-refractivity contribution in [2.45, 2.75) is 0 Å². The van der Waals surface area contributed by atoms with Gasteiger partial charge >= 0.3 is 0 Å². The number of nitrogens with zero attached hydrogens (tertiary/aromatic N) is 1. The van der Waals surface area contributed by atoms with Gasteiger partial charge in [-0.2, -0.15) is 0 Å². The Labute approximate surface area is 174 Å². The number of carbonyl (C=O) groups excluding carboxylic acids is 2. The number of benzene rings is 3. The lowest BCUT2D eigenvalue weighted by Gasteiger charge is -2.12. The number of ether oxygens (including phenoxy) is 1. The Morgan fingerprint density at radius 1 is 0.931 bits per heavy atom. The van der Waals surface area contributed by atoms with Gasteiger partial charge in [-0.1, -0.05) is 54.1 Å². The molecular formula is C23H21ClN2O3. The van der Waals surface area contributed by atoms with Crippen molar-refractivity contribution >= 4 is 29.1 Å². The minimum Gasteiger partial charge on any atom is -0.482 e. The van der Waals surface area contributed by atoms with Crippen LogP contribution < -0.4 is 10.1 Å². The third kappa shape index (κ3) is 5.36. The van der Waals surface area contributed by atoms with E-state index < -0.39 is 0 Å². The number of amides is 2. The van der Waals surface area contributed by atoms with E-state index in [2.05, 4.69) is 5.32 Å². The number of hydrogen-bond acceptors (Lipinski definition) is 3. The fraction of sp³-hybridized carbons (Fsp3) is 0.130. The Kier molecular flexibility index (Phi) is 6.52. The highest BCUT2D eigenvalue weighted by atomic mass is 35.5. The SMILES string of the molecule is CN(C)C(=O)c1cccc(NC(=O)COc2ccc(-c3ccccc3)cc2Cl)c1. The summed E-state index contributed by atoms with van der Waals surface area (Å²) in [6.45, 7) is -0.198. The quantitative estimate of drug-likeness (QED) is 0.641. The van der Waals surface area contributed by atoms with E-state index in [0.717, 1.165) is 11.1 Å². The van der Waals surface area contributed by atoms with E-state index in [-0.39, 0.29) is 18.4 Å². The molecule has 5 nitrogen and oxygen atoms in total. The lowest BCUT2D eigenvalue weighted by atomic mass is 10.1.